The third kappa shape index (κ3) is 7.57. The lowest BCUT2D eigenvalue weighted by atomic mass is 10.0. The number of nitrogens with one attached hydrogen (secondary N) is 2. The zero-order valence-corrected chi connectivity index (χ0v) is 27.9. The standard InChI is InChI=1S/C34H28BrClF3N5O4/c1-19(41-2)31(45)42-27-17-44(32(46)21-5-3-20(15-40)4-6-21)29-14-24(36)9-11-28(29)43(33(27)47)16-26-25-10-8-23(35)13-22(25)7-12-30(26)48-18-34(37,38)39/h3-14,19,27,41H,16-18H2,1-2H3,(H,42,45). The molecule has 2 atom stereocenters. The number of nitrogens with zero attached hydrogens (tertiary/aromatic N) is 3. The van der Waals surface area contributed by atoms with Crippen molar-refractivity contribution in [1.82, 2.24) is 10.6 Å². The molecule has 0 aromatic heterocycles. The molecule has 2 N–H and O–H groups in total. The number of halogens is 5. The average molecular weight is 743 g/mol. The van der Waals surface area contributed by atoms with E-state index in [0.717, 1.165) is 4.47 Å². The van der Waals surface area contributed by atoms with Gasteiger partial charge >= 0.3 is 6.18 Å². The van der Waals surface area contributed by atoms with Gasteiger partial charge in [-0.15, -0.1) is 0 Å². The van der Waals surface area contributed by atoms with E-state index in [1.54, 1.807) is 38.2 Å². The lowest BCUT2D eigenvalue weighted by Gasteiger charge is -2.28. The van der Waals surface area contributed by atoms with Crippen LogP contribution in [-0.2, 0) is 16.1 Å². The number of amides is 3. The molecule has 9 nitrogen and oxygen atoms in total. The average Bonchev–Trinajstić information content (AvgIpc) is 3.16. The number of benzene rings is 4. The fraction of sp³-hybridized carbons (Fsp3) is 0.235. The van der Waals surface area contributed by atoms with Crippen LogP contribution in [0.2, 0.25) is 5.02 Å². The number of fused-ring (bicyclic) bond motifs is 2. The van der Waals surface area contributed by atoms with Crippen molar-refractivity contribution in [3.05, 3.63) is 99.0 Å². The van der Waals surface area contributed by atoms with Crippen molar-refractivity contribution < 1.29 is 32.3 Å². The van der Waals surface area contributed by atoms with E-state index in [-0.39, 0.29) is 46.4 Å². The molecule has 0 spiro atoms. The van der Waals surface area contributed by atoms with Gasteiger partial charge in [-0.1, -0.05) is 39.7 Å². The largest absolute Gasteiger partial charge is 0.484 e. The Labute approximate surface area is 287 Å². The van der Waals surface area contributed by atoms with Crippen LogP contribution in [0.3, 0.4) is 0 Å². The van der Waals surface area contributed by atoms with Crippen LogP contribution in [-0.4, -0.2) is 56.2 Å². The maximum Gasteiger partial charge on any atom is 0.422 e. The van der Waals surface area contributed by atoms with Gasteiger partial charge in [-0.05, 0) is 85.4 Å². The van der Waals surface area contributed by atoms with Gasteiger partial charge in [-0.25, -0.2) is 0 Å². The van der Waals surface area contributed by atoms with Crippen molar-refractivity contribution in [3.8, 4) is 11.8 Å². The fourth-order valence-corrected chi connectivity index (χ4v) is 5.85. The van der Waals surface area contributed by atoms with Crippen molar-refractivity contribution in [2.75, 3.05) is 30.0 Å². The summed E-state index contributed by atoms with van der Waals surface area (Å²) in [4.78, 5) is 44.3. The molecule has 1 aliphatic rings. The van der Waals surface area contributed by atoms with Crippen molar-refractivity contribution in [3.63, 3.8) is 0 Å². The van der Waals surface area contributed by atoms with Gasteiger partial charge in [0.05, 0.1) is 42.1 Å². The molecule has 0 bridgehead atoms. The first-order valence-electron chi connectivity index (χ1n) is 14.6. The Bertz CT molecular complexity index is 1930. The molecule has 2 unspecified atom stereocenters. The number of rotatable bonds is 8. The van der Waals surface area contributed by atoms with Gasteiger partial charge < -0.3 is 25.2 Å². The van der Waals surface area contributed by atoms with Gasteiger partial charge in [-0.2, -0.15) is 18.4 Å². The van der Waals surface area contributed by atoms with Crippen molar-refractivity contribution in [1.29, 1.82) is 5.26 Å². The van der Waals surface area contributed by atoms with Gasteiger partial charge in [-0.3, -0.25) is 14.4 Å². The van der Waals surface area contributed by atoms with Crippen LogP contribution in [0, 0.1) is 11.3 Å². The zero-order chi connectivity index (χ0) is 34.7. The molecule has 14 heteroatoms. The predicted molar refractivity (Wildman–Crippen MR) is 179 cm³/mol. The fourth-order valence-electron chi connectivity index (χ4n) is 5.30. The number of hydrogen-bond acceptors (Lipinski definition) is 6. The molecule has 248 valence electrons. The van der Waals surface area contributed by atoms with Crippen LogP contribution in [0.1, 0.15) is 28.4 Å². The van der Waals surface area contributed by atoms with Crippen molar-refractivity contribution in [2.45, 2.75) is 31.7 Å². The number of carbonyl (C=O) groups excluding carboxylic acids is 3. The summed E-state index contributed by atoms with van der Waals surface area (Å²) in [6.45, 7) is -0.549. The molecular formula is C34H28BrClF3N5O4. The summed E-state index contributed by atoms with van der Waals surface area (Å²) in [6, 6.07) is 18.7. The van der Waals surface area contributed by atoms with Crippen LogP contribution in [0.4, 0.5) is 24.5 Å². The minimum Gasteiger partial charge on any atom is -0.484 e. The molecule has 48 heavy (non-hydrogen) atoms. The predicted octanol–water partition coefficient (Wildman–Crippen LogP) is 6.35. The minimum absolute atomic E-state index is 0.0930. The van der Waals surface area contributed by atoms with E-state index in [9.17, 15) is 32.8 Å². The summed E-state index contributed by atoms with van der Waals surface area (Å²) in [6.07, 6.45) is -4.63. The molecule has 1 heterocycles. The number of ether oxygens (including phenoxy) is 1. The van der Waals surface area contributed by atoms with E-state index in [1.165, 1.54) is 58.3 Å². The van der Waals surface area contributed by atoms with E-state index in [4.69, 9.17) is 16.3 Å². The molecule has 0 saturated heterocycles. The number of alkyl halides is 3. The SMILES string of the molecule is CNC(C)C(=O)NC1CN(C(=O)c2ccc(C#N)cc2)c2cc(Cl)ccc2N(Cc2c(OCC(F)(F)F)ccc3cc(Br)ccc23)C1=O. The van der Waals surface area contributed by atoms with Crippen LogP contribution in [0.25, 0.3) is 10.8 Å². The molecule has 4 aromatic rings. The van der Waals surface area contributed by atoms with E-state index in [2.05, 4.69) is 26.6 Å². The van der Waals surface area contributed by atoms with Crippen LogP contribution < -0.4 is 25.2 Å². The number of carbonyl (C=O) groups is 3. The summed E-state index contributed by atoms with van der Waals surface area (Å²) in [7, 11) is 1.57. The maximum atomic E-state index is 14.5. The second-order valence-corrected chi connectivity index (χ2v) is 12.4. The van der Waals surface area contributed by atoms with Gasteiger partial charge in [0.15, 0.2) is 6.61 Å². The summed E-state index contributed by atoms with van der Waals surface area (Å²) in [5.41, 5.74) is 1.27. The van der Waals surface area contributed by atoms with Crippen LogP contribution >= 0.6 is 27.5 Å². The highest BCUT2D eigenvalue weighted by atomic mass is 79.9. The van der Waals surface area contributed by atoms with E-state index in [1.807, 2.05) is 6.07 Å². The van der Waals surface area contributed by atoms with Crippen LogP contribution in [0.15, 0.2) is 77.3 Å². The second kappa shape index (κ2) is 14.2. The Morgan fingerprint density at radius 1 is 1.08 bits per heavy atom. The van der Waals surface area contributed by atoms with Crippen molar-refractivity contribution >= 4 is 67.4 Å². The summed E-state index contributed by atoms with van der Waals surface area (Å²) in [5, 5.41) is 16.2. The lowest BCUT2D eigenvalue weighted by molar-refractivity contribution is -0.153. The summed E-state index contributed by atoms with van der Waals surface area (Å²) < 4.78 is 45.9. The number of anilines is 2. The quantitative estimate of drug-likeness (QED) is 0.218. The first-order chi connectivity index (χ1) is 22.8. The van der Waals surface area contributed by atoms with Crippen LogP contribution in [0.5, 0.6) is 5.75 Å². The van der Waals surface area contributed by atoms with E-state index >= 15 is 0 Å². The smallest absolute Gasteiger partial charge is 0.422 e. The topological polar surface area (TPSA) is 115 Å². The minimum atomic E-state index is -4.63. The van der Waals surface area contributed by atoms with E-state index < -0.39 is 42.6 Å². The molecule has 0 saturated carbocycles. The molecular weight excluding hydrogens is 715 g/mol. The zero-order valence-electron chi connectivity index (χ0n) is 25.6. The van der Waals surface area contributed by atoms with Gasteiger partial charge in [0, 0.05) is 20.6 Å². The molecule has 0 radical (unpaired) electrons. The Morgan fingerprint density at radius 3 is 2.48 bits per heavy atom. The third-order valence-electron chi connectivity index (χ3n) is 7.86. The number of likely N-dealkylation sites (N-methyl/N-ethyl adjacent to an activating group) is 1. The molecule has 3 amide bonds. The lowest BCUT2D eigenvalue weighted by Crippen LogP contribution is -2.55. The normalized spacial score (nSPS) is 15.4. The summed E-state index contributed by atoms with van der Waals surface area (Å²) >= 11 is 9.85. The second-order valence-electron chi connectivity index (χ2n) is 11.0. The summed E-state index contributed by atoms with van der Waals surface area (Å²) in [5.74, 6) is -1.77. The maximum absolute atomic E-state index is 14.5. The number of nitriles is 1. The van der Waals surface area contributed by atoms with Gasteiger partial charge in [0.1, 0.15) is 11.8 Å². The molecule has 0 aliphatic carbocycles. The molecule has 1 aliphatic heterocycles. The molecule has 5 rings (SSSR count). The van der Waals surface area contributed by atoms with Gasteiger partial charge in [0.2, 0.25) is 5.91 Å². The third-order valence-corrected chi connectivity index (χ3v) is 8.58. The first-order valence-corrected chi connectivity index (χ1v) is 15.8. The highest BCUT2D eigenvalue weighted by Gasteiger charge is 2.39. The van der Waals surface area contributed by atoms with Crippen molar-refractivity contribution in [2.24, 2.45) is 0 Å². The monoisotopic (exact) mass is 741 g/mol. The Balaban J connectivity index is 1.68. The Kier molecular flexibility index (Phi) is 10.3. The first kappa shape index (κ1) is 34.7. The molecule has 4 aromatic carbocycles. The Morgan fingerprint density at radius 2 is 1.81 bits per heavy atom. The Hall–Kier alpha value is -4.64. The molecule has 0 fully saturated rings. The highest BCUT2D eigenvalue weighted by Crippen LogP contribution is 2.40. The number of hydrogen-bond donors (Lipinski definition) is 2. The van der Waals surface area contributed by atoms with E-state index in [0.29, 0.717) is 16.3 Å². The van der Waals surface area contributed by atoms with Gasteiger partial charge in [0.25, 0.3) is 11.8 Å². The highest BCUT2D eigenvalue weighted by molar-refractivity contribution is 9.10.